The Labute approximate surface area is 186 Å². The molecule has 1 aromatic heterocycles. The monoisotopic (exact) mass is 458 g/mol. The maximum absolute atomic E-state index is 13.0. The Bertz CT molecular complexity index is 1220. The summed E-state index contributed by atoms with van der Waals surface area (Å²) in [5, 5.41) is 13.5. The van der Waals surface area contributed by atoms with Gasteiger partial charge < -0.3 is 15.4 Å². The number of carbonyl (C=O) groups is 2. The van der Waals surface area contributed by atoms with Gasteiger partial charge in [-0.1, -0.05) is 12.1 Å². The largest absolute Gasteiger partial charge is 0.491 e. The third-order valence-electron chi connectivity index (χ3n) is 5.97. The number of benzene rings is 2. The zero-order chi connectivity index (χ0) is 23.2. The molecule has 33 heavy (non-hydrogen) atoms. The SMILES string of the molecule is O=C(Nc1ccc2[nH]ncc2c1)c1cccc(C2CC2NCC2CC2)c1OC(=O)C(F)(F)F. The lowest BCUT2D eigenvalue weighted by molar-refractivity contribution is -0.189. The number of anilines is 1. The minimum Gasteiger partial charge on any atom is -0.419 e. The molecule has 2 fully saturated rings. The first kappa shape index (κ1) is 21.4. The number of amides is 1. The smallest absolute Gasteiger partial charge is 0.419 e. The average Bonchev–Trinajstić information content (AvgIpc) is 3.69. The molecule has 0 aliphatic heterocycles. The molecule has 3 N–H and O–H groups in total. The minimum atomic E-state index is -5.18. The fourth-order valence-electron chi connectivity index (χ4n) is 3.91. The Hall–Kier alpha value is -3.40. The predicted octanol–water partition coefficient (Wildman–Crippen LogP) is 4.14. The van der Waals surface area contributed by atoms with E-state index in [1.807, 2.05) is 0 Å². The molecule has 0 radical (unpaired) electrons. The number of aromatic nitrogens is 2. The highest BCUT2D eigenvalue weighted by Gasteiger charge is 2.45. The van der Waals surface area contributed by atoms with Crippen molar-refractivity contribution in [1.82, 2.24) is 15.5 Å². The predicted molar refractivity (Wildman–Crippen MR) is 114 cm³/mol. The van der Waals surface area contributed by atoms with Crippen LogP contribution >= 0.6 is 0 Å². The standard InChI is InChI=1S/C23H21F3N4O3/c24-23(25,26)22(32)33-20-15(17-9-19(17)27-10-12-4-5-12)2-1-3-16(20)21(31)29-14-6-7-18-13(8-14)11-28-30-18/h1-3,6-8,11-12,17,19,27H,4-5,9-10H2,(H,28,30)(H,29,31). The Balaban J connectivity index is 1.42. The summed E-state index contributed by atoms with van der Waals surface area (Å²) in [6.07, 6.45) is -0.534. The quantitative estimate of drug-likeness (QED) is 0.365. The number of nitrogens with one attached hydrogen (secondary N) is 3. The second-order valence-electron chi connectivity index (χ2n) is 8.54. The number of halogens is 3. The third-order valence-corrected chi connectivity index (χ3v) is 5.97. The van der Waals surface area contributed by atoms with E-state index >= 15 is 0 Å². The summed E-state index contributed by atoms with van der Waals surface area (Å²) < 4.78 is 43.7. The molecule has 2 aliphatic carbocycles. The van der Waals surface area contributed by atoms with E-state index in [9.17, 15) is 22.8 Å². The van der Waals surface area contributed by atoms with Gasteiger partial charge in [0.25, 0.3) is 5.91 Å². The lowest BCUT2D eigenvalue weighted by Gasteiger charge is -2.16. The van der Waals surface area contributed by atoms with Crippen LogP contribution in [0.2, 0.25) is 0 Å². The van der Waals surface area contributed by atoms with E-state index in [4.69, 9.17) is 4.74 Å². The van der Waals surface area contributed by atoms with Gasteiger partial charge in [-0.2, -0.15) is 18.3 Å². The number of alkyl halides is 3. The molecular weight excluding hydrogens is 437 g/mol. The summed E-state index contributed by atoms with van der Waals surface area (Å²) >= 11 is 0. The molecule has 2 atom stereocenters. The zero-order valence-electron chi connectivity index (χ0n) is 17.4. The molecule has 1 amide bonds. The molecular formula is C23H21F3N4O3. The van der Waals surface area contributed by atoms with Crippen molar-refractivity contribution in [2.75, 3.05) is 11.9 Å². The van der Waals surface area contributed by atoms with Crippen molar-refractivity contribution >= 4 is 28.5 Å². The Morgan fingerprint density at radius 2 is 2.00 bits per heavy atom. The van der Waals surface area contributed by atoms with Crippen molar-refractivity contribution in [3.05, 3.63) is 53.7 Å². The van der Waals surface area contributed by atoms with Gasteiger partial charge in [-0.15, -0.1) is 0 Å². The minimum absolute atomic E-state index is 0.0794. The highest BCUT2D eigenvalue weighted by atomic mass is 19.4. The fourth-order valence-corrected chi connectivity index (χ4v) is 3.91. The van der Waals surface area contributed by atoms with E-state index in [1.165, 1.54) is 18.9 Å². The Morgan fingerprint density at radius 3 is 2.76 bits per heavy atom. The number of H-pyrrole nitrogens is 1. The van der Waals surface area contributed by atoms with E-state index in [-0.39, 0.29) is 23.3 Å². The van der Waals surface area contributed by atoms with E-state index in [0.29, 0.717) is 23.6 Å². The molecule has 2 aliphatic rings. The van der Waals surface area contributed by atoms with Gasteiger partial charge in [0.05, 0.1) is 17.3 Å². The number of esters is 1. The third kappa shape index (κ3) is 4.70. The van der Waals surface area contributed by atoms with Crippen molar-refractivity contribution in [2.24, 2.45) is 5.92 Å². The van der Waals surface area contributed by atoms with Gasteiger partial charge in [-0.3, -0.25) is 9.89 Å². The molecule has 2 saturated carbocycles. The van der Waals surface area contributed by atoms with Gasteiger partial charge in [0.1, 0.15) is 5.75 Å². The Morgan fingerprint density at radius 1 is 1.18 bits per heavy atom. The molecule has 2 aromatic carbocycles. The Kier molecular flexibility index (Phi) is 5.32. The van der Waals surface area contributed by atoms with Gasteiger partial charge in [-0.05, 0) is 56.0 Å². The first-order valence-electron chi connectivity index (χ1n) is 10.7. The van der Waals surface area contributed by atoms with E-state index in [1.54, 1.807) is 36.5 Å². The van der Waals surface area contributed by atoms with Gasteiger partial charge in [-0.25, -0.2) is 4.79 Å². The van der Waals surface area contributed by atoms with E-state index < -0.39 is 18.1 Å². The summed E-state index contributed by atoms with van der Waals surface area (Å²) in [5.74, 6) is -2.85. The topological polar surface area (TPSA) is 96.1 Å². The lowest BCUT2D eigenvalue weighted by atomic mass is 10.0. The lowest BCUT2D eigenvalue weighted by Crippen LogP contribution is -2.29. The van der Waals surface area contributed by atoms with Crippen LogP contribution in [0.4, 0.5) is 18.9 Å². The van der Waals surface area contributed by atoms with Gasteiger partial charge in [0, 0.05) is 28.6 Å². The molecule has 2 unspecified atom stereocenters. The van der Waals surface area contributed by atoms with Crippen molar-refractivity contribution in [3.8, 4) is 5.75 Å². The van der Waals surface area contributed by atoms with Crippen LogP contribution in [0.3, 0.4) is 0 Å². The van der Waals surface area contributed by atoms with Gasteiger partial charge in [0.2, 0.25) is 0 Å². The van der Waals surface area contributed by atoms with Crippen molar-refractivity contribution in [2.45, 2.75) is 37.4 Å². The zero-order valence-corrected chi connectivity index (χ0v) is 17.4. The van der Waals surface area contributed by atoms with Crippen LogP contribution in [0.1, 0.15) is 41.1 Å². The number of ether oxygens (including phenoxy) is 1. The first-order valence-corrected chi connectivity index (χ1v) is 10.7. The second kappa shape index (κ2) is 8.18. The molecule has 172 valence electrons. The summed E-state index contributed by atoms with van der Waals surface area (Å²) in [6.45, 7) is 0.857. The molecule has 0 saturated heterocycles. The highest BCUT2D eigenvalue weighted by Crippen LogP contribution is 2.47. The summed E-state index contributed by atoms with van der Waals surface area (Å²) in [5.41, 5.74) is 1.49. The molecule has 3 aromatic rings. The van der Waals surface area contributed by atoms with Gasteiger partial charge >= 0.3 is 12.1 Å². The summed E-state index contributed by atoms with van der Waals surface area (Å²) in [6, 6.07) is 9.67. The molecule has 1 heterocycles. The number of hydrogen-bond donors (Lipinski definition) is 3. The van der Waals surface area contributed by atoms with Crippen LogP contribution in [0, 0.1) is 5.92 Å². The molecule has 5 rings (SSSR count). The number of hydrogen-bond acceptors (Lipinski definition) is 5. The van der Waals surface area contributed by atoms with Crippen LogP contribution in [0.5, 0.6) is 5.75 Å². The van der Waals surface area contributed by atoms with Crippen LogP contribution in [-0.2, 0) is 4.79 Å². The number of rotatable bonds is 7. The van der Waals surface area contributed by atoms with Gasteiger partial charge in [0.15, 0.2) is 0 Å². The van der Waals surface area contributed by atoms with E-state index in [2.05, 4.69) is 20.8 Å². The highest BCUT2D eigenvalue weighted by molar-refractivity contribution is 6.07. The van der Waals surface area contributed by atoms with Crippen molar-refractivity contribution < 1.29 is 27.5 Å². The molecule has 7 nitrogen and oxygen atoms in total. The maximum Gasteiger partial charge on any atom is 0.491 e. The molecule has 0 bridgehead atoms. The summed E-state index contributed by atoms with van der Waals surface area (Å²) in [7, 11) is 0. The van der Waals surface area contributed by atoms with Crippen molar-refractivity contribution in [3.63, 3.8) is 0 Å². The van der Waals surface area contributed by atoms with Crippen molar-refractivity contribution in [1.29, 1.82) is 0 Å². The van der Waals surface area contributed by atoms with Crippen LogP contribution < -0.4 is 15.4 Å². The normalized spacial score (nSPS) is 20.0. The van der Waals surface area contributed by atoms with E-state index in [0.717, 1.165) is 17.4 Å². The molecule has 10 heteroatoms. The number of carbonyl (C=O) groups excluding carboxylic acids is 2. The number of aromatic amines is 1. The number of para-hydroxylation sites is 1. The van der Waals surface area contributed by atoms with Crippen LogP contribution in [-0.4, -0.2) is 40.8 Å². The number of nitrogens with zero attached hydrogens (tertiary/aromatic N) is 1. The number of fused-ring (bicyclic) bond motifs is 1. The average molecular weight is 458 g/mol. The first-order chi connectivity index (χ1) is 15.8. The van der Waals surface area contributed by atoms with Crippen LogP contribution in [0.15, 0.2) is 42.6 Å². The maximum atomic E-state index is 13.0. The fraction of sp³-hybridized carbons (Fsp3) is 0.348. The second-order valence-corrected chi connectivity index (χ2v) is 8.54. The molecule has 0 spiro atoms. The van der Waals surface area contributed by atoms with Crippen LogP contribution in [0.25, 0.3) is 10.9 Å². The summed E-state index contributed by atoms with van der Waals surface area (Å²) in [4.78, 5) is 24.7.